The van der Waals surface area contributed by atoms with E-state index in [1.54, 1.807) is 19.9 Å². The van der Waals surface area contributed by atoms with Crippen LogP contribution in [0.5, 0.6) is 0 Å². The monoisotopic (exact) mass is 156 g/mol. The third-order valence-corrected chi connectivity index (χ3v) is 1.74. The lowest BCUT2D eigenvalue weighted by Crippen LogP contribution is -1.91. The van der Waals surface area contributed by atoms with Crippen LogP contribution in [0.4, 0.5) is 8.78 Å². The van der Waals surface area contributed by atoms with Crippen LogP contribution in [0.15, 0.2) is 12.1 Å². The summed E-state index contributed by atoms with van der Waals surface area (Å²) in [7, 11) is 0. The van der Waals surface area contributed by atoms with Crippen LogP contribution in [0.1, 0.15) is 16.7 Å². The highest BCUT2D eigenvalue weighted by molar-refractivity contribution is 5.31. The van der Waals surface area contributed by atoms with E-state index in [0.29, 0.717) is 11.1 Å². The molecule has 0 saturated heterocycles. The molecule has 0 aliphatic carbocycles. The molecule has 0 unspecified atom stereocenters. The molecule has 0 radical (unpaired) electrons. The number of hydrogen-bond donors (Lipinski definition) is 0. The number of rotatable bonds is 1. The van der Waals surface area contributed by atoms with Gasteiger partial charge in [0.2, 0.25) is 0 Å². The van der Waals surface area contributed by atoms with Crippen LogP contribution in [0, 0.1) is 19.7 Å². The number of hydrogen-bond acceptors (Lipinski definition) is 0. The normalized spacial score (nSPS) is 10.2. The Morgan fingerprint density at radius 1 is 1.27 bits per heavy atom. The molecule has 0 fully saturated rings. The van der Waals surface area contributed by atoms with Crippen molar-refractivity contribution in [2.24, 2.45) is 0 Å². The maximum Gasteiger partial charge on any atom is 0.126 e. The molecule has 0 atom stereocenters. The smallest absolute Gasteiger partial charge is 0.126 e. The highest BCUT2D eigenvalue weighted by atomic mass is 19.1. The zero-order valence-corrected chi connectivity index (χ0v) is 6.62. The van der Waals surface area contributed by atoms with Gasteiger partial charge in [-0.1, -0.05) is 6.07 Å². The predicted molar refractivity (Wildman–Crippen MR) is 40.7 cm³/mol. The Hall–Kier alpha value is -0.920. The van der Waals surface area contributed by atoms with Crippen LogP contribution >= 0.6 is 0 Å². The first-order valence-electron chi connectivity index (χ1n) is 3.46. The molecular weight excluding hydrogens is 146 g/mol. The fourth-order valence-electron chi connectivity index (χ4n) is 1.03. The van der Waals surface area contributed by atoms with Gasteiger partial charge in [0, 0.05) is 0 Å². The van der Waals surface area contributed by atoms with Crippen molar-refractivity contribution in [1.82, 2.24) is 0 Å². The van der Waals surface area contributed by atoms with Crippen LogP contribution in [-0.2, 0) is 6.67 Å². The molecule has 1 aromatic carbocycles. The SMILES string of the molecule is Cc1cc(F)c(C)c(CF)c1. The van der Waals surface area contributed by atoms with Gasteiger partial charge in [0.05, 0.1) is 0 Å². The van der Waals surface area contributed by atoms with Gasteiger partial charge in [-0.05, 0) is 36.6 Å². The summed E-state index contributed by atoms with van der Waals surface area (Å²) in [6, 6.07) is 3.08. The first kappa shape index (κ1) is 8.18. The molecule has 0 N–H and O–H groups in total. The fourth-order valence-corrected chi connectivity index (χ4v) is 1.03. The molecule has 0 nitrogen and oxygen atoms in total. The standard InChI is InChI=1S/C9H10F2/c1-6-3-8(5-10)7(2)9(11)4-6/h3-4H,5H2,1-2H3. The third kappa shape index (κ3) is 1.56. The molecule has 2 heteroatoms. The van der Waals surface area contributed by atoms with Crippen LogP contribution < -0.4 is 0 Å². The molecule has 1 rings (SSSR count). The van der Waals surface area contributed by atoms with Crippen molar-refractivity contribution in [2.75, 3.05) is 0 Å². The lowest BCUT2D eigenvalue weighted by atomic mass is 10.1. The minimum Gasteiger partial charge on any atom is -0.246 e. The van der Waals surface area contributed by atoms with Gasteiger partial charge in [0.25, 0.3) is 0 Å². The fraction of sp³-hybridized carbons (Fsp3) is 0.333. The highest BCUT2D eigenvalue weighted by Crippen LogP contribution is 2.15. The topological polar surface area (TPSA) is 0 Å². The lowest BCUT2D eigenvalue weighted by molar-refractivity contribution is 0.479. The number of aryl methyl sites for hydroxylation is 1. The molecule has 0 spiro atoms. The van der Waals surface area contributed by atoms with Gasteiger partial charge in [-0.25, -0.2) is 8.78 Å². The van der Waals surface area contributed by atoms with Crippen LogP contribution in [0.25, 0.3) is 0 Å². The van der Waals surface area contributed by atoms with E-state index in [0.717, 1.165) is 5.56 Å². The number of halogens is 2. The summed E-state index contributed by atoms with van der Waals surface area (Å²) in [5.41, 5.74) is 1.63. The van der Waals surface area contributed by atoms with E-state index >= 15 is 0 Å². The Kier molecular flexibility index (Phi) is 2.22. The van der Waals surface area contributed by atoms with Crippen molar-refractivity contribution >= 4 is 0 Å². The minimum absolute atomic E-state index is 0.322. The second-order valence-corrected chi connectivity index (χ2v) is 2.66. The molecule has 60 valence electrons. The van der Waals surface area contributed by atoms with E-state index in [-0.39, 0.29) is 5.82 Å². The quantitative estimate of drug-likeness (QED) is 0.586. The molecule has 0 saturated carbocycles. The first-order chi connectivity index (χ1) is 5.15. The summed E-state index contributed by atoms with van der Waals surface area (Å²) < 4.78 is 25.0. The third-order valence-electron chi connectivity index (χ3n) is 1.74. The summed E-state index contributed by atoms with van der Waals surface area (Å²) in [4.78, 5) is 0. The van der Waals surface area contributed by atoms with Gasteiger partial charge in [-0.3, -0.25) is 0 Å². The second kappa shape index (κ2) is 2.99. The van der Waals surface area contributed by atoms with E-state index in [4.69, 9.17) is 0 Å². The number of benzene rings is 1. The average Bonchev–Trinajstić information content (AvgIpc) is 1.96. The minimum atomic E-state index is -0.593. The summed E-state index contributed by atoms with van der Waals surface area (Å²) in [5.74, 6) is -0.322. The predicted octanol–water partition coefficient (Wildman–Crippen LogP) is 2.91. The van der Waals surface area contributed by atoms with Crippen molar-refractivity contribution in [3.05, 3.63) is 34.6 Å². The van der Waals surface area contributed by atoms with Gasteiger partial charge < -0.3 is 0 Å². The molecule has 0 amide bonds. The van der Waals surface area contributed by atoms with E-state index in [1.807, 2.05) is 0 Å². The first-order valence-corrected chi connectivity index (χ1v) is 3.46. The number of alkyl halides is 1. The van der Waals surface area contributed by atoms with Gasteiger partial charge in [0.15, 0.2) is 0 Å². The van der Waals surface area contributed by atoms with Gasteiger partial charge >= 0.3 is 0 Å². The maximum atomic E-state index is 12.9. The van der Waals surface area contributed by atoms with Gasteiger partial charge in [-0.15, -0.1) is 0 Å². The van der Waals surface area contributed by atoms with Crippen molar-refractivity contribution < 1.29 is 8.78 Å². The van der Waals surface area contributed by atoms with E-state index in [9.17, 15) is 8.78 Å². The van der Waals surface area contributed by atoms with Gasteiger partial charge in [0.1, 0.15) is 12.5 Å². The zero-order chi connectivity index (χ0) is 8.43. The summed E-state index contributed by atoms with van der Waals surface area (Å²) in [6.07, 6.45) is 0. The Labute approximate surface area is 64.9 Å². The van der Waals surface area contributed by atoms with Crippen molar-refractivity contribution in [3.63, 3.8) is 0 Å². The summed E-state index contributed by atoms with van der Waals surface area (Å²) in [6.45, 7) is 2.75. The molecule has 0 bridgehead atoms. The second-order valence-electron chi connectivity index (χ2n) is 2.66. The molecule has 0 aliphatic rings. The Morgan fingerprint density at radius 3 is 2.45 bits per heavy atom. The molecule has 0 aromatic heterocycles. The molecule has 1 aromatic rings. The van der Waals surface area contributed by atoms with Gasteiger partial charge in [-0.2, -0.15) is 0 Å². The lowest BCUT2D eigenvalue weighted by Gasteiger charge is -2.03. The zero-order valence-electron chi connectivity index (χ0n) is 6.62. The Balaban J connectivity index is 3.24. The Bertz CT molecular complexity index is 267. The molecular formula is C9H10F2. The maximum absolute atomic E-state index is 12.9. The highest BCUT2D eigenvalue weighted by Gasteiger charge is 2.03. The Morgan fingerprint density at radius 2 is 1.91 bits per heavy atom. The van der Waals surface area contributed by atoms with Crippen molar-refractivity contribution in [3.8, 4) is 0 Å². The molecule has 11 heavy (non-hydrogen) atoms. The average molecular weight is 156 g/mol. The van der Waals surface area contributed by atoms with Crippen LogP contribution in [0.2, 0.25) is 0 Å². The van der Waals surface area contributed by atoms with E-state index < -0.39 is 6.67 Å². The largest absolute Gasteiger partial charge is 0.246 e. The van der Waals surface area contributed by atoms with Crippen LogP contribution in [-0.4, -0.2) is 0 Å². The van der Waals surface area contributed by atoms with Crippen molar-refractivity contribution in [2.45, 2.75) is 20.5 Å². The summed E-state index contributed by atoms with van der Waals surface area (Å²) in [5, 5.41) is 0. The molecule has 0 heterocycles. The van der Waals surface area contributed by atoms with Crippen molar-refractivity contribution in [1.29, 1.82) is 0 Å². The van der Waals surface area contributed by atoms with Crippen LogP contribution in [0.3, 0.4) is 0 Å². The molecule has 0 aliphatic heterocycles. The van der Waals surface area contributed by atoms with E-state index in [1.165, 1.54) is 6.07 Å². The van der Waals surface area contributed by atoms with E-state index in [2.05, 4.69) is 0 Å². The summed E-state index contributed by atoms with van der Waals surface area (Å²) >= 11 is 0.